The minimum atomic E-state index is -4.59. The average molecular weight is 433 g/mol. The minimum Gasteiger partial charge on any atom is -0.407 e. The van der Waals surface area contributed by atoms with E-state index >= 15 is 0 Å². The lowest BCUT2D eigenvalue weighted by Crippen LogP contribution is -2.28. The SMILES string of the molecule is NC(=O)O[C@H]1CN(c2ccc3cc(-c4ccccc4C(F)(F)F)[nH]c(=O)c3c2)C(=O)O1. The second kappa shape index (κ2) is 7.35. The van der Waals surface area contributed by atoms with E-state index in [1.165, 1.54) is 42.5 Å². The number of aromatic amines is 1. The molecule has 3 N–H and O–H groups in total. The quantitative estimate of drug-likeness (QED) is 0.655. The van der Waals surface area contributed by atoms with E-state index in [1.54, 1.807) is 0 Å². The zero-order valence-corrected chi connectivity index (χ0v) is 15.6. The molecule has 1 atom stereocenters. The highest BCUT2D eigenvalue weighted by atomic mass is 19.4. The Kier molecular flexibility index (Phi) is 4.80. The van der Waals surface area contributed by atoms with Gasteiger partial charge in [-0.25, -0.2) is 9.59 Å². The highest BCUT2D eigenvalue weighted by Gasteiger charge is 2.35. The van der Waals surface area contributed by atoms with Crippen LogP contribution in [0.15, 0.2) is 53.3 Å². The number of aromatic nitrogens is 1. The number of halogens is 3. The molecule has 11 heteroatoms. The number of nitrogens with two attached hydrogens (primary N) is 1. The third-order valence-electron chi connectivity index (χ3n) is 4.70. The Morgan fingerprint density at radius 2 is 1.90 bits per heavy atom. The van der Waals surface area contributed by atoms with Crippen molar-refractivity contribution in [1.29, 1.82) is 0 Å². The molecule has 1 fully saturated rings. The van der Waals surface area contributed by atoms with Gasteiger partial charge in [-0.1, -0.05) is 24.3 Å². The van der Waals surface area contributed by atoms with Crippen LogP contribution in [0.2, 0.25) is 0 Å². The Morgan fingerprint density at radius 3 is 2.61 bits per heavy atom. The molecule has 1 aromatic heterocycles. The molecule has 1 aliphatic rings. The maximum absolute atomic E-state index is 13.3. The number of hydrogen-bond donors (Lipinski definition) is 2. The third-order valence-corrected chi connectivity index (χ3v) is 4.70. The van der Waals surface area contributed by atoms with Gasteiger partial charge in [0.25, 0.3) is 11.8 Å². The van der Waals surface area contributed by atoms with E-state index < -0.39 is 35.8 Å². The van der Waals surface area contributed by atoms with Crippen molar-refractivity contribution in [2.45, 2.75) is 12.5 Å². The van der Waals surface area contributed by atoms with Crippen molar-refractivity contribution in [1.82, 2.24) is 4.98 Å². The predicted octanol–water partition coefficient (Wildman–Crippen LogP) is 3.59. The molecule has 31 heavy (non-hydrogen) atoms. The summed E-state index contributed by atoms with van der Waals surface area (Å²) in [5.74, 6) is 0. The van der Waals surface area contributed by atoms with Crippen LogP contribution in [-0.4, -0.2) is 30.0 Å². The molecule has 0 aliphatic carbocycles. The molecular formula is C20H14F3N3O5. The summed E-state index contributed by atoms with van der Waals surface area (Å²) in [5.41, 5.74) is 3.53. The number of rotatable bonds is 3. The van der Waals surface area contributed by atoms with Crippen molar-refractivity contribution in [2.75, 3.05) is 11.4 Å². The number of cyclic esters (lactones) is 1. The summed E-state index contributed by atoms with van der Waals surface area (Å²) in [7, 11) is 0. The first-order valence-electron chi connectivity index (χ1n) is 8.91. The molecular weight excluding hydrogens is 419 g/mol. The number of carbonyl (C=O) groups excluding carboxylic acids is 2. The van der Waals surface area contributed by atoms with E-state index in [-0.39, 0.29) is 28.9 Å². The van der Waals surface area contributed by atoms with Gasteiger partial charge in [0.15, 0.2) is 0 Å². The monoisotopic (exact) mass is 433 g/mol. The van der Waals surface area contributed by atoms with Gasteiger partial charge in [0.05, 0.1) is 5.56 Å². The Balaban J connectivity index is 1.73. The Labute approximate surface area is 172 Å². The number of nitrogens with one attached hydrogen (secondary N) is 1. The second-order valence-electron chi connectivity index (χ2n) is 6.69. The van der Waals surface area contributed by atoms with Gasteiger partial charge in [0, 0.05) is 22.3 Å². The maximum atomic E-state index is 13.3. The van der Waals surface area contributed by atoms with Gasteiger partial charge in [0.2, 0.25) is 0 Å². The number of anilines is 1. The summed E-state index contributed by atoms with van der Waals surface area (Å²) >= 11 is 0. The molecule has 0 bridgehead atoms. The number of H-pyrrole nitrogens is 1. The van der Waals surface area contributed by atoms with Crippen molar-refractivity contribution in [3.63, 3.8) is 0 Å². The fourth-order valence-electron chi connectivity index (χ4n) is 3.36. The number of ether oxygens (including phenoxy) is 2. The molecule has 0 radical (unpaired) electrons. The number of fused-ring (bicyclic) bond motifs is 1. The smallest absolute Gasteiger partial charge is 0.407 e. The van der Waals surface area contributed by atoms with Gasteiger partial charge < -0.3 is 20.2 Å². The minimum absolute atomic E-state index is 0.00804. The summed E-state index contributed by atoms with van der Waals surface area (Å²) in [4.78, 5) is 39.1. The molecule has 2 amide bonds. The lowest BCUT2D eigenvalue weighted by molar-refractivity contribution is -0.137. The second-order valence-corrected chi connectivity index (χ2v) is 6.69. The van der Waals surface area contributed by atoms with Crippen molar-refractivity contribution in [3.8, 4) is 11.3 Å². The fraction of sp³-hybridized carbons (Fsp3) is 0.150. The van der Waals surface area contributed by atoms with E-state index in [2.05, 4.69) is 9.72 Å². The van der Waals surface area contributed by atoms with Crippen LogP contribution in [0.1, 0.15) is 5.56 Å². The summed E-state index contributed by atoms with van der Waals surface area (Å²) in [6, 6.07) is 10.7. The number of alkyl halides is 3. The van der Waals surface area contributed by atoms with Crippen LogP contribution in [-0.2, 0) is 15.7 Å². The number of hydrogen-bond acceptors (Lipinski definition) is 5. The normalized spacial score (nSPS) is 16.4. The first-order chi connectivity index (χ1) is 14.6. The first kappa shape index (κ1) is 20.3. The molecule has 0 unspecified atom stereocenters. The number of pyridine rings is 1. The Morgan fingerprint density at radius 1 is 1.16 bits per heavy atom. The van der Waals surface area contributed by atoms with Crippen molar-refractivity contribution < 1.29 is 32.2 Å². The van der Waals surface area contributed by atoms with Gasteiger partial charge in [-0.2, -0.15) is 13.2 Å². The molecule has 2 heterocycles. The highest BCUT2D eigenvalue weighted by molar-refractivity contribution is 5.94. The molecule has 0 saturated carbocycles. The number of carbonyl (C=O) groups is 2. The molecule has 160 valence electrons. The van der Waals surface area contributed by atoms with Gasteiger partial charge in [-0.3, -0.25) is 9.69 Å². The van der Waals surface area contributed by atoms with Crippen LogP contribution >= 0.6 is 0 Å². The van der Waals surface area contributed by atoms with Crippen molar-refractivity contribution >= 4 is 28.6 Å². The third kappa shape index (κ3) is 3.89. The number of nitrogens with zero attached hydrogens (tertiary/aromatic N) is 1. The molecule has 8 nitrogen and oxygen atoms in total. The summed E-state index contributed by atoms with van der Waals surface area (Å²) in [6.07, 6.45) is -7.70. The van der Waals surface area contributed by atoms with Gasteiger partial charge in [-0.15, -0.1) is 0 Å². The molecule has 1 aliphatic heterocycles. The topological polar surface area (TPSA) is 115 Å². The zero-order chi connectivity index (χ0) is 22.3. The van der Waals surface area contributed by atoms with Crippen LogP contribution in [0.3, 0.4) is 0 Å². The van der Waals surface area contributed by atoms with Crippen LogP contribution < -0.4 is 16.2 Å². The van der Waals surface area contributed by atoms with Gasteiger partial charge >= 0.3 is 18.4 Å². The summed E-state index contributed by atoms with van der Waals surface area (Å²) in [6.45, 7) is -0.137. The lowest BCUT2D eigenvalue weighted by Gasteiger charge is -2.15. The van der Waals surface area contributed by atoms with E-state index in [9.17, 15) is 27.6 Å². The van der Waals surface area contributed by atoms with Crippen LogP contribution in [0.5, 0.6) is 0 Å². The first-order valence-corrected chi connectivity index (χ1v) is 8.91. The standard InChI is InChI=1S/C20H14F3N3O5/c21-20(22,23)14-4-2-1-3-12(14)15-7-10-5-6-11(8-13(10)17(27)25-15)26-9-16(30-18(24)28)31-19(26)29/h1-8,16H,9H2,(H2,24,28)(H,25,27)/t16-/m1/s1. The van der Waals surface area contributed by atoms with E-state index in [0.717, 1.165) is 11.0 Å². The lowest BCUT2D eigenvalue weighted by atomic mass is 10.0. The fourth-order valence-corrected chi connectivity index (χ4v) is 3.36. The largest absolute Gasteiger partial charge is 0.417 e. The van der Waals surface area contributed by atoms with E-state index in [0.29, 0.717) is 5.39 Å². The average Bonchev–Trinajstić information content (AvgIpc) is 3.06. The summed E-state index contributed by atoms with van der Waals surface area (Å²) in [5, 5.41) is 0.523. The predicted molar refractivity (Wildman–Crippen MR) is 103 cm³/mol. The van der Waals surface area contributed by atoms with E-state index in [1.807, 2.05) is 0 Å². The van der Waals surface area contributed by atoms with E-state index in [4.69, 9.17) is 10.5 Å². The highest BCUT2D eigenvalue weighted by Crippen LogP contribution is 2.36. The molecule has 2 aromatic carbocycles. The number of benzene rings is 2. The Hall–Kier alpha value is -4.02. The molecule has 4 rings (SSSR count). The van der Waals surface area contributed by atoms with Crippen LogP contribution in [0.25, 0.3) is 22.0 Å². The Bertz CT molecular complexity index is 1250. The zero-order valence-electron chi connectivity index (χ0n) is 15.6. The van der Waals surface area contributed by atoms with Gasteiger partial charge in [-0.05, 0) is 29.7 Å². The molecule has 3 aromatic rings. The van der Waals surface area contributed by atoms with Crippen molar-refractivity contribution in [2.24, 2.45) is 5.73 Å². The van der Waals surface area contributed by atoms with Gasteiger partial charge in [0.1, 0.15) is 6.54 Å². The maximum Gasteiger partial charge on any atom is 0.417 e. The van der Waals surface area contributed by atoms with Crippen LogP contribution in [0.4, 0.5) is 28.4 Å². The van der Waals surface area contributed by atoms with Crippen molar-refractivity contribution in [3.05, 3.63) is 64.4 Å². The van der Waals surface area contributed by atoms with Crippen LogP contribution in [0, 0.1) is 0 Å². The number of amides is 2. The summed E-state index contributed by atoms with van der Waals surface area (Å²) < 4.78 is 49.5. The number of primary amides is 1. The molecule has 0 spiro atoms. The molecule has 1 saturated heterocycles.